The predicted molar refractivity (Wildman–Crippen MR) is 52.9 cm³/mol. The van der Waals surface area contributed by atoms with E-state index in [0.29, 0.717) is 5.56 Å². The Kier molecular flexibility index (Phi) is 3.95. The summed E-state index contributed by atoms with van der Waals surface area (Å²) in [7, 11) is 0. The summed E-state index contributed by atoms with van der Waals surface area (Å²) in [5.74, 6) is -5.58. The van der Waals surface area contributed by atoms with E-state index in [-0.39, 0.29) is 6.61 Å². The monoisotopic (exact) mass is 230 g/mol. The number of esters is 1. The van der Waals surface area contributed by atoms with E-state index >= 15 is 0 Å². The Labute approximate surface area is 91.7 Å². The highest BCUT2D eigenvalue weighted by atomic mass is 19.3. The van der Waals surface area contributed by atoms with Crippen molar-refractivity contribution >= 4 is 5.97 Å². The summed E-state index contributed by atoms with van der Waals surface area (Å²) in [6, 6.07) is 8.46. The Hall–Kier alpha value is -1.49. The third kappa shape index (κ3) is 3.00. The molecule has 5 heteroatoms. The highest BCUT2D eigenvalue weighted by Crippen LogP contribution is 2.20. The van der Waals surface area contributed by atoms with E-state index in [1.54, 1.807) is 30.3 Å². The third-order valence-corrected chi connectivity index (χ3v) is 2.01. The normalized spacial score (nSPS) is 13.2. The summed E-state index contributed by atoms with van der Waals surface area (Å²) in [5.41, 5.74) is 0.609. The second-order valence-electron chi connectivity index (χ2n) is 3.36. The summed E-state index contributed by atoms with van der Waals surface area (Å²) < 4.78 is 30.2. The van der Waals surface area contributed by atoms with Crippen LogP contribution in [0.25, 0.3) is 0 Å². The van der Waals surface area contributed by atoms with E-state index in [4.69, 9.17) is 5.11 Å². The zero-order valence-electron chi connectivity index (χ0n) is 8.69. The maximum atomic E-state index is 12.9. The smallest absolute Gasteiger partial charge is 0.380 e. The SMILES string of the molecule is C[C@H](O)C(F)(F)C(=O)OCc1ccccc1. The van der Waals surface area contributed by atoms with E-state index in [0.717, 1.165) is 6.92 Å². The van der Waals surface area contributed by atoms with Crippen molar-refractivity contribution < 1.29 is 23.4 Å². The fourth-order valence-electron chi connectivity index (χ4n) is 0.990. The maximum absolute atomic E-state index is 12.9. The van der Waals surface area contributed by atoms with E-state index in [9.17, 15) is 13.6 Å². The molecule has 88 valence electrons. The van der Waals surface area contributed by atoms with E-state index in [1.807, 2.05) is 0 Å². The lowest BCUT2D eigenvalue weighted by molar-refractivity contribution is -0.188. The lowest BCUT2D eigenvalue weighted by Gasteiger charge is -2.17. The molecule has 0 bridgehead atoms. The molecule has 0 amide bonds. The average Bonchev–Trinajstić information content (AvgIpc) is 2.27. The number of halogens is 2. The van der Waals surface area contributed by atoms with Crippen LogP contribution in [0.15, 0.2) is 30.3 Å². The highest BCUT2D eigenvalue weighted by Gasteiger charge is 2.45. The van der Waals surface area contributed by atoms with Gasteiger partial charge in [0.05, 0.1) is 0 Å². The van der Waals surface area contributed by atoms with Crippen LogP contribution in [-0.2, 0) is 16.1 Å². The molecule has 1 aromatic rings. The molecule has 16 heavy (non-hydrogen) atoms. The molecule has 0 aromatic heterocycles. The number of aliphatic hydroxyl groups is 1. The van der Waals surface area contributed by atoms with Crippen LogP contribution in [0, 0.1) is 0 Å². The fourth-order valence-corrected chi connectivity index (χ4v) is 0.990. The van der Waals surface area contributed by atoms with Gasteiger partial charge in [0.15, 0.2) is 0 Å². The van der Waals surface area contributed by atoms with Gasteiger partial charge >= 0.3 is 11.9 Å². The second-order valence-corrected chi connectivity index (χ2v) is 3.36. The minimum absolute atomic E-state index is 0.234. The van der Waals surface area contributed by atoms with Crippen molar-refractivity contribution in [3.8, 4) is 0 Å². The van der Waals surface area contributed by atoms with Crippen LogP contribution >= 0.6 is 0 Å². The molecule has 1 N–H and O–H groups in total. The summed E-state index contributed by atoms with van der Waals surface area (Å²) >= 11 is 0. The third-order valence-electron chi connectivity index (χ3n) is 2.01. The van der Waals surface area contributed by atoms with Gasteiger partial charge in [0, 0.05) is 0 Å². The van der Waals surface area contributed by atoms with Gasteiger partial charge in [0.25, 0.3) is 0 Å². The summed E-state index contributed by atoms with van der Waals surface area (Å²) in [5, 5.41) is 8.70. The van der Waals surface area contributed by atoms with Crippen molar-refractivity contribution in [2.24, 2.45) is 0 Å². The Balaban J connectivity index is 2.54. The molecular formula is C11H12F2O3. The van der Waals surface area contributed by atoms with Crippen LogP contribution in [-0.4, -0.2) is 23.1 Å². The molecule has 0 radical (unpaired) electrons. The molecule has 0 aliphatic rings. The highest BCUT2D eigenvalue weighted by molar-refractivity contribution is 5.78. The first-order valence-electron chi connectivity index (χ1n) is 4.71. The number of aliphatic hydroxyl groups excluding tert-OH is 1. The van der Waals surface area contributed by atoms with Crippen LogP contribution in [0.4, 0.5) is 8.78 Å². The second kappa shape index (κ2) is 5.03. The van der Waals surface area contributed by atoms with E-state index in [2.05, 4.69) is 4.74 Å². The molecule has 0 heterocycles. The summed E-state index contributed by atoms with van der Waals surface area (Å²) in [6.45, 7) is 0.603. The number of hydrogen-bond donors (Lipinski definition) is 1. The van der Waals surface area contributed by atoms with Crippen molar-refractivity contribution in [2.45, 2.75) is 25.6 Å². The average molecular weight is 230 g/mol. The zero-order chi connectivity index (χ0) is 12.2. The molecule has 0 spiro atoms. The van der Waals surface area contributed by atoms with Crippen molar-refractivity contribution in [1.82, 2.24) is 0 Å². The lowest BCUT2D eigenvalue weighted by atomic mass is 10.2. The van der Waals surface area contributed by atoms with Gasteiger partial charge in [-0.1, -0.05) is 30.3 Å². The van der Waals surface area contributed by atoms with Crippen LogP contribution in [0.2, 0.25) is 0 Å². The molecule has 0 saturated heterocycles. The van der Waals surface area contributed by atoms with Gasteiger partial charge < -0.3 is 9.84 Å². The molecule has 1 aromatic carbocycles. The molecular weight excluding hydrogens is 218 g/mol. The topological polar surface area (TPSA) is 46.5 Å². The maximum Gasteiger partial charge on any atom is 0.380 e. The molecule has 0 saturated carbocycles. The summed E-state index contributed by atoms with van der Waals surface area (Å²) in [4.78, 5) is 10.9. The standard InChI is InChI=1S/C11H12F2O3/c1-8(14)11(12,13)10(15)16-7-9-5-3-2-4-6-9/h2-6,8,14H,7H2,1H3/t8-/m0/s1. The largest absolute Gasteiger partial charge is 0.456 e. The minimum Gasteiger partial charge on any atom is -0.456 e. The van der Waals surface area contributed by atoms with Crippen molar-refractivity contribution in [1.29, 1.82) is 0 Å². The number of benzene rings is 1. The fraction of sp³-hybridized carbons (Fsp3) is 0.364. The molecule has 0 aliphatic carbocycles. The number of ether oxygens (including phenoxy) is 1. The molecule has 3 nitrogen and oxygen atoms in total. The quantitative estimate of drug-likeness (QED) is 0.801. The number of carbonyl (C=O) groups is 1. The van der Waals surface area contributed by atoms with E-state index < -0.39 is 18.0 Å². The van der Waals surface area contributed by atoms with Gasteiger partial charge in [-0.15, -0.1) is 0 Å². The Morgan fingerprint density at radius 2 is 2.00 bits per heavy atom. The van der Waals surface area contributed by atoms with Crippen LogP contribution in [0.5, 0.6) is 0 Å². The minimum atomic E-state index is -3.87. The Bertz CT molecular complexity index is 350. The van der Waals surface area contributed by atoms with E-state index in [1.165, 1.54) is 0 Å². The first-order valence-corrected chi connectivity index (χ1v) is 4.71. The predicted octanol–water partition coefficient (Wildman–Crippen LogP) is 1.75. The molecule has 0 unspecified atom stereocenters. The van der Waals surface area contributed by atoms with Crippen molar-refractivity contribution in [3.63, 3.8) is 0 Å². The molecule has 0 aliphatic heterocycles. The Morgan fingerprint density at radius 3 is 2.50 bits per heavy atom. The number of hydrogen-bond acceptors (Lipinski definition) is 3. The van der Waals surface area contributed by atoms with Crippen molar-refractivity contribution in [3.05, 3.63) is 35.9 Å². The lowest BCUT2D eigenvalue weighted by Crippen LogP contribution is -2.40. The van der Waals surface area contributed by atoms with Crippen LogP contribution in [0.3, 0.4) is 0 Å². The number of alkyl halides is 2. The molecule has 1 rings (SSSR count). The van der Waals surface area contributed by atoms with Gasteiger partial charge in [-0.3, -0.25) is 0 Å². The molecule has 0 fully saturated rings. The van der Waals surface area contributed by atoms with Gasteiger partial charge in [-0.25, -0.2) is 4.79 Å². The van der Waals surface area contributed by atoms with Crippen molar-refractivity contribution in [2.75, 3.05) is 0 Å². The number of rotatable bonds is 4. The Morgan fingerprint density at radius 1 is 1.44 bits per heavy atom. The van der Waals surface area contributed by atoms with Gasteiger partial charge in [-0.2, -0.15) is 8.78 Å². The summed E-state index contributed by atoms with van der Waals surface area (Å²) in [6.07, 6.45) is -2.06. The van der Waals surface area contributed by atoms with Gasteiger partial charge in [0.1, 0.15) is 12.7 Å². The first kappa shape index (κ1) is 12.6. The van der Waals surface area contributed by atoms with Gasteiger partial charge in [0.2, 0.25) is 0 Å². The molecule has 1 atom stereocenters. The van der Waals surface area contributed by atoms with Crippen LogP contribution < -0.4 is 0 Å². The van der Waals surface area contributed by atoms with Crippen LogP contribution in [0.1, 0.15) is 12.5 Å². The first-order chi connectivity index (χ1) is 7.44. The zero-order valence-corrected chi connectivity index (χ0v) is 8.69. The van der Waals surface area contributed by atoms with Gasteiger partial charge in [-0.05, 0) is 12.5 Å². The number of carbonyl (C=O) groups excluding carboxylic acids is 1.